The van der Waals surface area contributed by atoms with Crippen LogP contribution in [0.1, 0.15) is 43.6 Å². The first-order chi connectivity index (χ1) is 15.1. The Balaban J connectivity index is 1.47. The van der Waals surface area contributed by atoms with Crippen LogP contribution in [0.5, 0.6) is 5.75 Å². The van der Waals surface area contributed by atoms with Gasteiger partial charge in [0, 0.05) is 38.3 Å². The molecule has 0 unspecified atom stereocenters. The third kappa shape index (κ3) is 6.70. The molecule has 0 aliphatic rings. The van der Waals surface area contributed by atoms with E-state index < -0.39 is 0 Å². The molecule has 2 heterocycles. The number of rotatable bonds is 10. The van der Waals surface area contributed by atoms with Gasteiger partial charge < -0.3 is 15.4 Å². The molecule has 166 valence electrons. The summed E-state index contributed by atoms with van der Waals surface area (Å²) >= 11 is 0. The normalized spacial score (nSPS) is 11.8. The maximum absolute atomic E-state index is 6.05. The molecule has 0 saturated carbocycles. The van der Waals surface area contributed by atoms with Gasteiger partial charge in [0.15, 0.2) is 11.6 Å². The van der Waals surface area contributed by atoms with Crippen LogP contribution in [0.4, 0.5) is 0 Å². The lowest BCUT2D eigenvalue weighted by molar-refractivity contribution is 0.286. The molecule has 31 heavy (non-hydrogen) atoms. The molecule has 2 aromatic heterocycles. The molecule has 0 amide bonds. The number of aromatic nitrogens is 3. The fraction of sp³-hybridized carbons (Fsp3) is 0.458. The van der Waals surface area contributed by atoms with Crippen LogP contribution in [0.15, 0.2) is 47.6 Å². The van der Waals surface area contributed by atoms with Crippen LogP contribution >= 0.6 is 0 Å². The summed E-state index contributed by atoms with van der Waals surface area (Å²) in [4.78, 5) is 4.34. The molecule has 2 N–H and O–H groups in total. The molecule has 7 nitrogen and oxygen atoms in total. The third-order valence-electron chi connectivity index (χ3n) is 5.10. The Kier molecular flexibility index (Phi) is 8.27. The molecule has 0 bridgehead atoms. The lowest BCUT2D eigenvalue weighted by Gasteiger charge is -2.16. The van der Waals surface area contributed by atoms with Gasteiger partial charge in [0.05, 0.1) is 6.61 Å². The summed E-state index contributed by atoms with van der Waals surface area (Å²) in [5, 5.41) is 15.3. The van der Waals surface area contributed by atoms with Crippen LogP contribution in [0.2, 0.25) is 0 Å². The summed E-state index contributed by atoms with van der Waals surface area (Å²) in [6, 6.07) is 12.3. The van der Waals surface area contributed by atoms with Gasteiger partial charge in [0.1, 0.15) is 11.6 Å². The van der Waals surface area contributed by atoms with E-state index in [1.165, 1.54) is 5.56 Å². The van der Waals surface area contributed by atoms with Crippen molar-refractivity contribution in [3.8, 4) is 5.75 Å². The highest BCUT2D eigenvalue weighted by molar-refractivity contribution is 5.79. The van der Waals surface area contributed by atoms with E-state index in [9.17, 15) is 0 Å². The summed E-state index contributed by atoms with van der Waals surface area (Å²) in [6.07, 6.45) is 4.83. The molecule has 0 spiro atoms. The van der Waals surface area contributed by atoms with Crippen LogP contribution in [0.3, 0.4) is 0 Å². The number of hydrogen-bond donors (Lipinski definition) is 2. The van der Waals surface area contributed by atoms with Crippen LogP contribution in [-0.2, 0) is 13.0 Å². The standard InChI is InChI=1S/C24H34N6O/c1-18(2)12-15-31-21-16-19(3)10-11-20(21)17-27-24(25-4)26-13-7-9-23-29-28-22-8-5-6-14-30(22)23/h5-6,8,10-11,14,16,18H,7,9,12-13,15,17H2,1-4H3,(H2,25,26,27). The van der Waals surface area contributed by atoms with E-state index in [4.69, 9.17) is 4.74 Å². The van der Waals surface area contributed by atoms with Crippen molar-refractivity contribution in [3.63, 3.8) is 0 Å². The number of guanidine groups is 1. The first-order valence-corrected chi connectivity index (χ1v) is 11.0. The molecule has 7 heteroatoms. The number of aryl methyl sites for hydroxylation is 2. The van der Waals surface area contributed by atoms with Crippen LogP contribution < -0.4 is 15.4 Å². The molecule has 0 aliphatic carbocycles. The number of nitrogens with zero attached hydrogens (tertiary/aromatic N) is 4. The second kappa shape index (κ2) is 11.3. The lowest BCUT2D eigenvalue weighted by atomic mass is 10.1. The van der Waals surface area contributed by atoms with E-state index in [2.05, 4.69) is 64.8 Å². The molecular formula is C24H34N6O. The smallest absolute Gasteiger partial charge is 0.191 e. The number of benzene rings is 1. The van der Waals surface area contributed by atoms with Gasteiger partial charge in [-0.1, -0.05) is 32.0 Å². The summed E-state index contributed by atoms with van der Waals surface area (Å²) in [6.45, 7) is 8.70. The van der Waals surface area contributed by atoms with E-state index in [0.29, 0.717) is 12.5 Å². The monoisotopic (exact) mass is 422 g/mol. The van der Waals surface area contributed by atoms with Crippen molar-refractivity contribution in [2.45, 2.75) is 46.6 Å². The van der Waals surface area contributed by atoms with Crippen molar-refractivity contribution in [1.82, 2.24) is 25.2 Å². The fourth-order valence-corrected chi connectivity index (χ4v) is 3.26. The topological polar surface area (TPSA) is 75.8 Å². The van der Waals surface area contributed by atoms with Gasteiger partial charge in [-0.05, 0) is 49.4 Å². The van der Waals surface area contributed by atoms with Crippen LogP contribution in [-0.4, -0.2) is 40.8 Å². The first kappa shape index (κ1) is 22.6. The maximum atomic E-state index is 6.05. The molecule has 3 rings (SSSR count). The van der Waals surface area contributed by atoms with Gasteiger partial charge in [0.2, 0.25) is 0 Å². The van der Waals surface area contributed by atoms with Crippen molar-refractivity contribution >= 4 is 11.6 Å². The number of nitrogens with one attached hydrogen (secondary N) is 2. The Bertz CT molecular complexity index is 995. The predicted molar refractivity (Wildman–Crippen MR) is 126 cm³/mol. The largest absolute Gasteiger partial charge is 0.493 e. The van der Waals surface area contributed by atoms with Gasteiger partial charge in [-0.15, -0.1) is 10.2 Å². The van der Waals surface area contributed by atoms with E-state index >= 15 is 0 Å². The predicted octanol–water partition coefficient (Wildman–Crippen LogP) is 3.76. The Morgan fingerprint density at radius 1 is 1.16 bits per heavy atom. The van der Waals surface area contributed by atoms with Crippen molar-refractivity contribution in [2.24, 2.45) is 10.9 Å². The molecule has 0 fully saturated rings. The Morgan fingerprint density at radius 2 is 2.03 bits per heavy atom. The van der Waals surface area contributed by atoms with Gasteiger partial charge in [-0.3, -0.25) is 9.39 Å². The van der Waals surface area contributed by atoms with E-state index in [1.54, 1.807) is 7.05 Å². The molecule has 1 aromatic carbocycles. The Hall–Kier alpha value is -3.09. The highest BCUT2D eigenvalue weighted by Gasteiger charge is 2.08. The van der Waals surface area contributed by atoms with Crippen molar-refractivity contribution in [1.29, 1.82) is 0 Å². The molecule has 0 saturated heterocycles. The molecule has 3 aromatic rings. The molecular weight excluding hydrogens is 388 g/mol. The number of aliphatic imine (C=N–C) groups is 1. The van der Waals surface area contributed by atoms with Crippen molar-refractivity contribution in [2.75, 3.05) is 20.2 Å². The van der Waals surface area contributed by atoms with E-state index in [1.807, 2.05) is 28.8 Å². The average Bonchev–Trinajstić information content (AvgIpc) is 3.17. The van der Waals surface area contributed by atoms with E-state index in [0.717, 1.165) is 61.2 Å². The number of pyridine rings is 1. The molecule has 0 aliphatic heterocycles. The average molecular weight is 423 g/mol. The van der Waals surface area contributed by atoms with Gasteiger partial charge in [-0.2, -0.15) is 0 Å². The summed E-state index contributed by atoms with van der Waals surface area (Å²) < 4.78 is 8.09. The molecule has 0 atom stereocenters. The quantitative estimate of drug-likeness (QED) is 0.296. The Labute approximate surface area is 185 Å². The second-order valence-electron chi connectivity index (χ2n) is 8.14. The SMILES string of the molecule is CN=C(NCCCc1nnc2ccccn12)NCc1ccc(C)cc1OCCC(C)C. The third-order valence-corrected chi connectivity index (χ3v) is 5.10. The highest BCUT2D eigenvalue weighted by atomic mass is 16.5. The highest BCUT2D eigenvalue weighted by Crippen LogP contribution is 2.21. The fourth-order valence-electron chi connectivity index (χ4n) is 3.26. The summed E-state index contributed by atoms with van der Waals surface area (Å²) in [5.74, 6) is 3.33. The maximum Gasteiger partial charge on any atom is 0.191 e. The minimum atomic E-state index is 0.630. The minimum absolute atomic E-state index is 0.630. The lowest BCUT2D eigenvalue weighted by Crippen LogP contribution is -2.37. The van der Waals surface area contributed by atoms with Gasteiger partial charge in [-0.25, -0.2) is 0 Å². The second-order valence-corrected chi connectivity index (χ2v) is 8.14. The summed E-state index contributed by atoms with van der Waals surface area (Å²) in [7, 11) is 1.79. The number of ether oxygens (including phenoxy) is 1. The van der Waals surface area contributed by atoms with Crippen LogP contribution in [0.25, 0.3) is 5.65 Å². The Morgan fingerprint density at radius 3 is 2.84 bits per heavy atom. The zero-order valence-electron chi connectivity index (χ0n) is 19.1. The van der Waals surface area contributed by atoms with Gasteiger partial charge >= 0.3 is 0 Å². The zero-order valence-corrected chi connectivity index (χ0v) is 19.1. The number of hydrogen-bond acceptors (Lipinski definition) is 4. The zero-order chi connectivity index (χ0) is 22.1. The number of fused-ring (bicyclic) bond motifs is 1. The first-order valence-electron chi connectivity index (χ1n) is 11.0. The van der Waals surface area contributed by atoms with Crippen molar-refractivity contribution < 1.29 is 4.74 Å². The van der Waals surface area contributed by atoms with Crippen molar-refractivity contribution in [3.05, 3.63) is 59.5 Å². The van der Waals surface area contributed by atoms with Gasteiger partial charge in [0.25, 0.3) is 0 Å². The van der Waals surface area contributed by atoms with E-state index in [-0.39, 0.29) is 0 Å². The minimum Gasteiger partial charge on any atom is -0.493 e. The molecule has 0 radical (unpaired) electrons. The summed E-state index contributed by atoms with van der Waals surface area (Å²) in [5.41, 5.74) is 3.21. The van der Waals surface area contributed by atoms with Crippen LogP contribution in [0, 0.1) is 12.8 Å².